The van der Waals surface area contributed by atoms with Crippen molar-refractivity contribution in [2.75, 3.05) is 5.32 Å². The van der Waals surface area contributed by atoms with Crippen LogP contribution in [-0.2, 0) is 0 Å². The summed E-state index contributed by atoms with van der Waals surface area (Å²) in [6.45, 7) is 1.82. The summed E-state index contributed by atoms with van der Waals surface area (Å²) < 4.78 is 15.0. The van der Waals surface area contributed by atoms with Gasteiger partial charge in [0.15, 0.2) is 0 Å². The highest BCUT2D eigenvalue weighted by atomic mass is 19.1. The Balaban J connectivity index is 1.79. The van der Waals surface area contributed by atoms with Gasteiger partial charge in [0.25, 0.3) is 5.91 Å². The number of hydrogen-bond acceptors (Lipinski definition) is 2. The maximum absolute atomic E-state index is 13.2. The molecule has 0 aliphatic carbocycles. The van der Waals surface area contributed by atoms with Gasteiger partial charge in [-0.05, 0) is 55.0 Å². The van der Waals surface area contributed by atoms with Gasteiger partial charge in [0, 0.05) is 23.6 Å². The number of carbonyl (C=O) groups excluding carboxylic acids is 1. The van der Waals surface area contributed by atoms with Gasteiger partial charge in [-0.1, -0.05) is 6.07 Å². The van der Waals surface area contributed by atoms with Crippen molar-refractivity contribution in [1.29, 1.82) is 0 Å². The molecule has 0 saturated carbocycles. The summed E-state index contributed by atoms with van der Waals surface area (Å²) in [5, 5.41) is 6.84. The monoisotopic (exact) mass is 295 g/mol. The first-order valence-corrected chi connectivity index (χ1v) is 6.81. The number of hydrogen-bond donors (Lipinski definition) is 1. The Morgan fingerprint density at radius 2 is 1.95 bits per heavy atom. The standard InChI is InChI=1S/C17H14FN3O/c1-12-3-6-14(18)11-16(12)20-17(22)13-4-7-15(8-5-13)21-10-2-9-19-21/h2-11H,1H3,(H,20,22). The molecule has 22 heavy (non-hydrogen) atoms. The molecule has 1 heterocycles. The molecule has 0 aliphatic heterocycles. The lowest BCUT2D eigenvalue weighted by Crippen LogP contribution is -2.13. The summed E-state index contributed by atoms with van der Waals surface area (Å²) in [4.78, 5) is 12.2. The molecule has 0 atom stereocenters. The SMILES string of the molecule is Cc1ccc(F)cc1NC(=O)c1ccc(-n2cccn2)cc1. The molecule has 4 nitrogen and oxygen atoms in total. The minimum Gasteiger partial charge on any atom is -0.322 e. The molecule has 0 radical (unpaired) electrons. The minimum atomic E-state index is -0.380. The van der Waals surface area contributed by atoms with Crippen LogP contribution in [0.4, 0.5) is 10.1 Å². The van der Waals surface area contributed by atoms with E-state index in [0.717, 1.165) is 11.3 Å². The highest BCUT2D eigenvalue weighted by molar-refractivity contribution is 6.04. The van der Waals surface area contributed by atoms with Crippen LogP contribution in [-0.4, -0.2) is 15.7 Å². The van der Waals surface area contributed by atoms with E-state index in [1.165, 1.54) is 12.1 Å². The van der Waals surface area contributed by atoms with Crippen molar-refractivity contribution >= 4 is 11.6 Å². The van der Waals surface area contributed by atoms with E-state index in [1.54, 1.807) is 41.2 Å². The maximum Gasteiger partial charge on any atom is 0.255 e. The van der Waals surface area contributed by atoms with E-state index >= 15 is 0 Å². The fourth-order valence-corrected chi connectivity index (χ4v) is 2.11. The van der Waals surface area contributed by atoms with Gasteiger partial charge in [-0.2, -0.15) is 5.10 Å². The summed E-state index contributed by atoms with van der Waals surface area (Å²) in [5.74, 6) is -0.657. The van der Waals surface area contributed by atoms with Gasteiger partial charge in [0.2, 0.25) is 0 Å². The molecule has 2 aromatic carbocycles. The number of carbonyl (C=O) groups is 1. The molecular formula is C17H14FN3O. The smallest absolute Gasteiger partial charge is 0.255 e. The number of amides is 1. The van der Waals surface area contributed by atoms with Crippen LogP contribution in [0, 0.1) is 12.7 Å². The molecule has 0 aliphatic rings. The highest BCUT2D eigenvalue weighted by Crippen LogP contribution is 2.17. The van der Waals surface area contributed by atoms with Crippen LogP contribution in [0.25, 0.3) is 5.69 Å². The average Bonchev–Trinajstić information content (AvgIpc) is 3.05. The number of nitrogens with one attached hydrogen (secondary N) is 1. The topological polar surface area (TPSA) is 46.9 Å². The van der Waals surface area contributed by atoms with E-state index in [9.17, 15) is 9.18 Å². The van der Waals surface area contributed by atoms with Crippen molar-refractivity contribution in [3.8, 4) is 5.69 Å². The predicted molar refractivity (Wildman–Crippen MR) is 82.7 cm³/mol. The number of anilines is 1. The maximum atomic E-state index is 13.2. The van der Waals surface area contributed by atoms with Crippen LogP contribution in [0.1, 0.15) is 15.9 Å². The van der Waals surface area contributed by atoms with Crippen LogP contribution in [0.2, 0.25) is 0 Å². The van der Waals surface area contributed by atoms with Crippen LogP contribution in [0.3, 0.4) is 0 Å². The number of aromatic nitrogens is 2. The van der Waals surface area contributed by atoms with Gasteiger partial charge < -0.3 is 5.32 Å². The first-order valence-electron chi connectivity index (χ1n) is 6.81. The van der Waals surface area contributed by atoms with Crippen molar-refractivity contribution < 1.29 is 9.18 Å². The molecule has 3 aromatic rings. The zero-order chi connectivity index (χ0) is 15.5. The largest absolute Gasteiger partial charge is 0.322 e. The van der Waals surface area contributed by atoms with E-state index < -0.39 is 0 Å². The Bertz CT molecular complexity index is 795. The molecule has 0 spiro atoms. The van der Waals surface area contributed by atoms with Gasteiger partial charge in [-0.15, -0.1) is 0 Å². The van der Waals surface area contributed by atoms with E-state index in [-0.39, 0.29) is 11.7 Å². The Morgan fingerprint density at radius 1 is 1.18 bits per heavy atom. The molecule has 1 aromatic heterocycles. The molecule has 3 rings (SSSR count). The quantitative estimate of drug-likeness (QED) is 0.803. The number of halogens is 1. The second-order valence-electron chi connectivity index (χ2n) is 4.91. The number of rotatable bonds is 3. The van der Waals surface area contributed by atoms with Gasteiger partial charge in [0.1, 0.15) is 5.82 Å². The highest BCUT2D eigenvalue weighted by Gasteiger charge is 2.09. The van der Waals surface area contributed by atoms with Crippen molar-refractivity contribution in [2.24, 2.45) is 0 Å². The van der Waals surface area contributed by atoms with Crippen LogP contribution >= 0.6 is 0 Å². The molecule has 1 N–H and O–H groups in total. The second kappa shape index (κ2) is 5.81. The van der Waals surface area contributed by atoms with Crippen molar-refractivity contribution in [3.63, 3.8) is 0 Å². The lowest BCUT2D eigenvalue weighted by Gasteiger charge is -2.09. The number of nitrogens with zero attached hydrogens (tertiary/aromatic N) is 2. The Labute approximate surface area is 127 Å². The third kappa shape index (κ3) is 2.88. The first kappa shape index (κ1) is 14.0. The van der Waals surface area contributed by atoms with Crippen LogP contribution < -0.4 is 5.32 Å². The molecule has 0 saturated heterocycles. The molecule has 110 valence electrons. The third-order valence-electron chi connectivity index (χ3n) is 3.35. The number of benzene rings is 2. The first-order chi connectivity index (χ1) is 10.6. The van der Waals surface area contributed by atoms with E-state index in [2.05, 4.69) is 10.4 Å². The molecule has 5 heteroatoms. The Morgan fingerprint density at radius 3 is 2.64 bits per heavy atom. The van der Waals surface area contributed by atoms with Gasteiger partial charge in [-0.3, -0.25) is 4.79 Å². The summed E-state index contributed by atoms with van der Waals surface area (Å²) in [6, 6.07) is 13.2. The second-order valence-corrected chi connectivity index (χ2v) is 4.91. The predicted octanol–water partition coefficient (Wildman–Crippen LogP) is 3.57. The third-order valence-corrected chi connectivity index (χ3v) is 3.35. The molecular weight excluding hydrogens is 281 g/mol. The fourth-order valence-electron chi connectivity index (χ4n) is 2.11. The van der Waals surface area contributed by atoms with Gasteiger partial charge >= 0.3 is 0 Å². The zero-order valence-electron chi connectivity index (χ0n) is 12.0. The van der Waals surface area contributed by atoms with Crippen LogP contribution in [0.15, 0.2) is 60.9 Å². The summed E-state index contributed by atoms with van der Waals surface area (Å²) in [7, 11) is 0. The van der Waals surface area contributed by atoms with Gasteiger partial charge in [-0.25, -0.2) is 9.07 Å². The summed E-state index contributed by atoms with van der Waals surface area (Å²) in [5.41, 5.74) is 2.65. The van der Waals surface area contributed by atoms with E-state index in [1.807, 2.05) is 19.2 Å². The van der Waals surface area contributed by atoms with E-state index in [0.29, 0.717) is 11.3 Å². The minimum absolute atomic E-state index is 0.277. The van der Waals surface area contributed by atoms with Crippen molar-refractivity contribution in [3.05, 3.63) is 77.9 Å². The zero-order valence-corrected chi connectivity index (χ0v) is 12.0. The average molecular weight is 295 g/mol. The Hall–Kier alpha value is -2.95. The molecule has 0 bridgehead atoms. The van der Waals surface area contributed by atoms with Crippen molar-refractivity contribution in [2.45, 2.75) is 6.92 Å². The lowest BCUT2D eigenvalue weighted by atomic mass is 10.1. The van der Waals surface area contributed by atoms with Gasteiger partial charge in [0.05, 0.1) is 5.69 Å². The summed E-state index contributed by atoms with van der Waals surface area (Å²) >= 11 is 0. The molecule has 0 unspecified atom stereocenters. The fraction of sp³-hybridized carbons (Fsp3) is 0.0588. The van der Waals surface area contributed by atoms with Crippen molar-refractivity contribution in [1.82, 2.24) is 9.78 Å². The number of aryl methyl sites for hydroxylation is 1. The van der Waals surface area contributed by atoms with Crippen LogP contribution in [0.5, 0.6) is 0 Å². The lowest BCUT2D eigenvalue weighted by molar-refractivity contribution is 0.102. The molecule has 0 fully saturated rings. The Kier molecular flexibility index (Phi) is 3.70. The molecule has 1 amide bonds. The summed E-state index contributed by atoms with van der Waals surface area (Å²) in [6.07, 6.45) is 3.51. The normalized spacial score (nSPS) is 10.5. The van der Waals surface area contributed by atoms with E-state index in [4.69, 9.17) is 0 Å².